The summed E-state index contributed by atoms with van der Waals surface area (Å²) in [6.07, 6.45) is 1.10. The van der Waals surface area contributed by atoms with E-state index >= 15 is 0 Å². The fraction of sp³-hybridized carbons (Fsp3) is 0.333. The van der Waals surface area contributed by atoms with E-state index in [0.717, 1.165) is 6.42 Å². The summed E-state index contributed by atoms with van der Waals surface area (Å²) in [6, 6.07) is 4.86. The Hall–Kier alpha value is -0.940. The van der Waals surface area contributed by atoms with Crippen molar-refractivity contribution in [3.05, 3.63) is 46.3 Å². The molecule has 3 nitrogen and oxygen atoms in total. The Morgan fingerprint density at radius 1 is 1.50 bits per heavy atom. The summed E-state index contributed by atoms with van der Waals surface area (Å²) >= 11 is 9.13. The topological polar surface area (TPSA) is 38.9 Å². The van der Waals surface area contributed by atoms with Gasteiger partial charge < -0.3 is 4.52 Å². The number of halogens is 3. The average Bonchev–Trinajstić information content (AvgIpc) is 2.82. The average molecular weight is 334 g/mol. The number of rotatable bonds is 4. The summed E-state index contributed by atoms with van der Waals surface area (Å²) in [7, 11) is 0. The molecule has 96 valence electrons. The minimum absolute atomic E-state index is 0.0305. The molecule has 0 N–H and O–H groups in total. The van der Waals surface area contributed by atoms with E-state index in [0.29, 0.717) is 17.3 Å². The van der Waals surface area contributed by atoms with Crippen LogP contribution >= 0.6 is 27.5 Å². The Morgan fingerprint density at radius 3 is 3.00 bits per heavy atom. The Bertz CT molecular complexity index is 547. The molecule has 0 aliphatic carbocycles. The van der Waals surface area contributed by atoms with Gasteiger partial charge in [0.2, 0.25) is 5.89 Å². The lowest BCUT2D eigenvalue weighted by atomic mass is 10.1. The van der Waals surface area contributed by atoms with Crippen molar-refractivity contribution in [1.82, 2.24) is 10.1 Å². The van der Waals surface area contributed by atoms with Crippen molar-refractivity contribution in [2.24, 2.45) is 0 Å². The number of benzene rings is 1. The van der Waals surface area contributed by atoms with E-state index in [9.17, 15) is 4.39 Å². The van der Waals surface area contributed by atoms with Crippen LogP contribution in [-0.4, -0.2) is 10.1 Å². The van der Waals surface area contributed by atoms with Crippen LogP contribution in [0, 0.1) is 5.82 Å². The van der Waals surface area contributed by atoms with Gasteiger partial charge in [0.1, 0.15) is 5.82 Å². The summed E-state index contributed by atoms with van der Waals surface area (Å²) in [5.74, 6) is 0.524. The summed E-state index contributed by atoms with van der Waals surface area (Å²) in [5.41, 5.74) is 0.456. The van der Waals surface area contributed by atoms with Crippen LogP contribution in [0.2, 0.25) is 5.02 Å². The lowest BCUT2D eigenvalue weighted by Crippen LogP contribution is -1.96. The molecule has 6 heteroatoms. The van der Waals surface area contributed by atoms with Crippen molar-refractivity contribution in [2.45, 2.75) is 24.6 Å². The maximum absolute atomic E-state index is 13.7. The molecule has 0 spiro atoms. The predicted octanol–water partition coefficient (Wildman–Crippen LogP) is 4.30. The third-order valence-corrected chi connectivity index (χ3v) is 3.82. The Kier molecular flexibility index (Phi) is 4.35. The molecule has 0 saturated heterocycles. The van der Waals surface area contributed by atoms with E-state index in [1.54, 1.807) is 12.1 Å². The first kappa shape index (κ1) is 13.5. The van der Waals surface area contributed by atoms with Gasteiger partial charge in [-0.15, -0.1) is 0 Å². The standard InChI is InChI=1S/C12H11BrClFN2O/c1-2-8(13)12-16-10(17-18-12)6-7-4-3-5-9(14)11(7)15/h3-5,8H,2,6H2,1H3. The molecule has 18 heavy (non-hydrogen) atoms. The van der Waals surface area contributed by atoms with Gasteiger partial charge in [0, 0.05) is 6.42 Å². The molecule has 0 aliphatic rings. The fourth-order valence-electron chi connectivity index (χ4n) is 1.50. The smallest absolute Gasteiger partial charge is 0.240 e. The Balaban J connectivity index is 2.19. The zero-order valence-electron chi connectivity index (χ0n) is 9.66. The number of alkyl halides is 1. The molecule has 2 rings (SSSR count). The van der Waals surface area contributed by atoms with E-state index in [1.807, 2.05) is 6.92 Å². The molecule has 1 atom stereocenters. The van der Waals surface area contributed by atoms with Crippen molar-refractivity contribution in [3.63, 3.8) is 0 Å². The van der Waals surface area contributed by atoms with Crippen LogP contribution < -0.4 is 0 Å². The molecule has 0 aliphatic heterocycles. The van der Waals surface area contributed by atoms with E-state index in [2.05, 4.69) is 26.1 Å². The van der Waals surface area contributed by atoms with Crippen LogP contribution in [0.4, 0.5) is 4.39 Å². The third-order valence-electron chi connectivity index (χ3n) is 2.49. The molecular weight excluding hydrogens is 322 g/mol. The van der Waals surface area contributed by atoms with E-state index < -0.39 is 5.82 Å². The summed E-state index contributed by atoms with van der Waals surface area (Å²) in [6.45, 7) is 2.00. The Labute approximate surface area is 117 Å². The molecule has 0 radical (unpaired) electrons. The maximum Gasteiger partial charge on any atom is 0.240 e. The van der Waals surface area contributed by atoms with Crippen molar-refractivity contribution in [3.8, 4) is 0 Å². The second kappa shape index (κ2) is 5.80. The van der Waals surface area contributed by atoms with E-state index in [-0.39, 0.29) is 16.3 Å². The first-order chi connectivity index (χ1) is 8.61. The van der Waals surface area contributed by atoms with Gasteiger partial charge in [-0.1, -0.05) is 51.7 Å². The monoisotopic (exact) mass is 332 g/mol. The van der Waals surface area contributed by atoms with Gasteiger partial charge in [0.05, 0.1) is 9.85 Å². The second-order valence-electron chi connectivity index (χ2n) is 3.81. The van der Waals surface area contributed by atoms with Gasteiger partial charge in [-0.25, -0.2) is 4.39 Å². The summed E-state index contributed by atoms with van der Waals surface area (Å²) < 4.78 is 18.8. The van der Waals surface area contributed by atoms with Gasteiger partial charge in [-0.2, -0.15) is 4.98 Å². The fourth-order valence-corrected chi connectivity index (χ4v) is 1.88. The predicted molar refractivity (Wildman–Crippen MR) is 70.5 cm³/mol. The van der Waals surface area contributed by atoms with Gasteiger partial charge in [0.15, 0.2) is 5.82 Å². The van der Waals surface area contributed by atoms with Crippen LogP contribution in [0.1, 0.15) is 35.5 Å². The number of hydrogen-bond donors (Lipinski definition) is 0. The van der Waals surface area contributed by atoms with Crippen LogP contribution in [0.5, 0.6) is 0 Å². The van der Waals surface area contributed by atoms with E-state index in [4.69, 9.17) is 16.1 Å². The molecule has 0 bridgehead atoms. The van der Waals surface area contributed by atoms with Crippen molar-refractivity contribution < 1.29 is 8.91 Å². The van der Waals surface area contributed by atoms with Crippen LogP contribution in [0.3, 0.4) is 0 Å². The Morgan fingerprint density at radius 2 is 2.28 bits per heavy atom. The minimum Gasteiger partial charge on any atom is -0.338 e. The summed E-state index contributed by atoms with van der Waals surface area (Å²) in [5, 5.41) is 3.93. The SMILES string of the molecule is CCC(Br)c1nc(Cc2cccc(Cl)c2F)no1. The molecule has 0 fully saturated rings. The van der Waals surface area contributed by atoms with Gasteiger partial charge in [0.25, 0.3) is 0 Å². The van der Waals surface area contributed by atoms with Crippen molar-refractivity contribution in [1.29, 1.82) is 0 Å². The molecule has 1 unspecified atom stereocenters. The van der Waals surface area contributed by atoms with Crippen molar-refractivity contribution >= 4 is 27.5 Å². The molecule has 0 amide bonds. The lowest BCUT2D eigenvalue weighted by molar-refractivity contribution is 0.371. The highest BCUT2D eigenvalue weighted by Gasteiger charge is 2.15. The highest BCUT2D eigenvalue weighted by atomic mass is 79.9. The second-order valence-corrected chi connectivity index (χ2v) is 5.33. The largest absolute Gasteiger partial charge is 0.338 e. The summed E-state index contributed by atoms with van der Waals surface area (Å²) in [4.78, 5) is 4.24. The molecule has 1 aromatic heterocycles. The molecule has 1 heterocycles. The van der Waals surface area contributed by atoms with E-state index in [1.165, 1.54) is 6.07 Å². The minimum atomic E-state index is -0.434. The maximum atomic E-state index is 13.7. The van der Waals surface area contributed by atoms with Crippen molar-refractivity contribution in [2.75, 3.05) is 0 Å². The zero-order valence-corrected chi connectivity index (χ0v) is 12.0. The highest BCUT2D eigenvalue weighted by molar-refractivity contribution is 9.09. The van der Waals surface area contributed by atoms with Gasteiger partial charge >= 0.3 is 0 Å². The van der Waals surface area contributed by atoms with Crippen LogP contribution in [0.25, 0.3) is 0 Å². The first-order valence-electron chi connectivity index (χ1n) is 5.51. The van der Waals surface area contributed by atoms with Crippen LogP contribution in [-0.2, 0) is 6.42 Å². The zero-order chi connectivity index (χ0) is 13.1. The lowest BCUT2D eigenvalue weighted by Gasteiger charge is -2.00. The molecule has 0 saturated carbocycles. The normalized spacial score (nSPS) is 12.7. The first-order valence-corrected chi connectivity index (χ1v) is 6.80. The highest BCUT2D eigenvalue weighted by Crippen LogP contribution is 2.25. The molecule has 1 aromatic carbocycles. The quantitative estimate of drug-likeness (QED) is 0.783. The molecule has 2 aromatic rings. The number of aromatic nitrogens is 2. The van der Waals surface area contributed by atoms with Gasteiger partial charge in [-0.05, 0) is 18.1 Å². The number of hydrogen-bond acceptors (Lipinski definition) is 3. The third kappa shape index (κ3) is 2.90. The number of nitrogens with zero attached hydrogens (tertiary/aromatic N) is 2. The van der Waals surface area contributed by atoms with Crippen LogP contribution in [0.15, 0.2) is 22.7 Å². The van der Waals surface area contributed by atoms with Gasteiger partial charge in [-0.3, -0.25) is 0 Å². The molecular formula is C12H11BrClFN2O.